The number of urea groups is 1. The van der Waals surface area contributed by atoms with Gasteiger partial charge in [0.25, 0.3) is 0 Å². The fourth-order valence-corrected chi connectivity index (χ4v) is 7.60. The van der Waals surface area contributed by atoms with Crippen LogP contribution in [0, 0.1) is 5.41 Å². The number of alkyl halides is 1. The predicted molar refractivity (Wildman–Crippen MR) is 167 cm³/mol. The van der Waals surface area contributed by atoms with Crippen molar-refractivity contribution in [3.05, 3.63) is 78.2 Å². The van der Waals surface area contributed by atoms with Crippen molar-refractivity contribution < 1.29 is 17.6 Å². The van der Waals surface area contributed by atoms with Crippen LogP contribution in [-0.4, -0.2) is 88.8 Å². The minimum Gasteiger partial charge on any atom is -0.328 e. The zero-order chi connectivity index (χ0) is 30.8. The Kier molecular flexibility index (Phi) is 9.24. The number of carbonyl (C=O) groups excluding carboxylic acids is 1. The average Bonchev–Trinajstić information content (AvgIpc) is 3.79. The molecule has 2 heterocycles. The summed E-state index contributed by atoms with van der Waals surface area (Å²) in [5, 5.41) is -0.296. The van der Waals surface area contributed by atoms with Crippen molar-refractivity contribution in [1.82, 2.24) is 23.7 Å². The molecule has 1 aromatic heterocycles. The fourth-order valence-electron chi connectivity index (χ4n) is 5.77. The Morgan fingerprint density at radius 2 is 1.63 bits per heavy atom. The van der Waals surface area contributed by atoms with Gasteiger partial charge in [-0.05, 0) is 23.8 Å². The summed E-state index contributed by atoms with van der Waals surface area (Å²) in [6, 6.07) is 19.0. The van der Waals surface area contributed by atoms with Crippen LogP contribution in [0.2, 0.25) is 0 Å². The second kappa shape index (κ2) is 12.8. The lowest BCUT2D eigenvalue weighted by Crippen LogP contribution is -2.57. The van der Waals surface area contributed by atoms with Crippen molar-refractivity contribution in [1.29, 1.82) is 0 Å². The molecule has 1 aliphatic carbocycles. The van der Waals surface area contributed by atoms with Crippen molar-refractivity contribution in [2.24, 2.45) is 11.1 Å². The summed E-state index contributed by atoms with van der Waals surface area (Å²) in [6.07, 6.45) is 1.95. The van der Waals surface area contributed by atoms with Gasteiger partial charge in [0.1, 0.15) is 12.0 Å². The smallest absolute Gasteiger partial charge is 0.320 e. The van der Waals surface area contributed by atoms with Gasteiger partial charge in [-0.3, -0.25) is 0 Å². The van der Waals surface area contributed by atoms with E-state index in [4.69, 9.17) is 10.7 Å². The Morgan fingerprint density at radius 1 is 1.02 bits per heavy atom. The van der Waals surface area contributed by atoms with Crippen LogP contribution in [0.3, 0.4) is 0 Å². The number of hydrogen-bond donors (Lipinski definition) is 1. The highest BCUT2D eigenvalue weighted by Crippen LogP contribution is 2.40. The van der Waals surface area contributed by atoms with E-state index in [2.05, 4.69) is 4.57 Å². The molecule has 5 rings (SSSR count). The van der Waals surface area contributed by atoms with Gasteiger partial charge in [0.2, 0.25) is 10.0 Å². The molecule has 2 fully saturated rings. The van der Waals surface area contributed by atoms with Gasteiger partial charge < -0.3 is 20.1 Å². The molecule has 43 heavy (non-hydrogen) atoms. The third kappa shape index (κ3) is 7.11. The van der Waals surface area contributed by atoms with Gasteiger partial charge in [0.15, 0.2) is 0 Å². The lowest BCUT2D eigenvalue weighted by Gasteiger charge is -2.44. The van der Waals surface area contributed by atoms with E-state index in [0.717, 1.165) is 16.8 Å². The summed E-state index contributed by atoms with van der Waals surface area (Å²) in [5.41, 5.74) is 7.99. The van der Waals surface area contributed by atoms with E-state index in [9.17, 15) is 13.2 Å². The topological polar surface area (TPSA) is 105 Å². The number of amides is 2. The van der Waals surface area contributed by atoms with Gasteiger partial charge in [0, 0.05) is 51.0 Å². The fraction of sp³-hybridized carbons (Fsp3) is 0.500. The normalized spacial score (nSPS) is 17.9. The zero-order valence-corrected chi connectivity index (χ0v) is 26.1. The Labute approximate surface area is 254 Å². The van der Waals surface area contributed by atoms with E-state index in [0.29, 0.717) is 25.2 Å². The molecule has 2 aromatic carbocycles. The minimum atomic E-state index is -3.33. The first-order valence-corrected chi connectivity index (χ1v) is 16.5. The van der Waals surface area contributed by atoms with Crippen LogP contribution in [0.4, 0.5) is 9.18 Å². The molecule has 0 radical (unpaired) electrons. The highest BCUT2D eigenvalue weighted by molar-refractivity contribution is 7.90. The molecule has 2 amide bonds. The summed E-state index contributed by atoms with van der Waals surface area (Å²) < 4.78 is 44.3. The maximum atomic E-state index is 15.2. The van der Waals surface area contributed by atoms with Gasteiger partial charge >= 0.3 is 6.03 Å². The highest BCUT2D eigenvalue weighted by atomic mass is 32.2. The van der Waals surface area contributed by atoms with Crippen LogP contribution in [0.1, 0.15) is 51.0 Å². The Balaban J connectivity index is 1.52. The molecule has 1 saturated carbocycles. The van der Waals surface area contributed by atoms with Crippen molar-refractivity contribution >= 4 is 16.1 Å². The van der Waals surface area contributed by atoms with Gasteiger partial charge in [-0.25, -0.2) is 22.6 Å². The maximum absolute atomic E-state index is 15.2. The number of sulfonamides is 1. The lowest BCUT2D eigenvalue weighted by molar-refractivity contribution is 0.0615. The van der Waals surface area contributed by atoms with Crippen LogP contribution >= 0.6 is 0 Å². The number of nitrogens with two attached hydrogens (primary N) is 1. The van der Waals surface area contributed by atoms with Gasteiger partial charge in [-0.2, -0.15) is 4.31 Å². The molecule has 2 atom stereocenters. The molecule has 1 aliphatic heterocycles. The first kappa shape index (κ1) is 31.2. The number of rotatable bonds is 10. The zero-order valence-electron chi connectivity index (χ0n) is 25.3. The number of hydrogen-bond acceptors (Lipinski definition) is 5. The van der Waals surface area contributed by atoms with Crippen molar-refractivity contribution in [2.45, 2.75) is 57.6 Å². The molecule has 0 bridgehead atoms. The van der Waals surface area contributed by atoms with E-state index >= 15 is 4.39 Å². The number of halogens is 1. The molecule has 232 valence electrons. The number of aromatic nitrogens is 2. The van der Waals surface area contributed by atoms with E-state index in [-0.39, 0.29) is 50.5 Å². The summed E-state index contributed by atoms with van der Waals surface area (Å²) in [6.45, 7) is 7.13. The summed E-state index contributed by atoms with van der Waals surface area (Å²) in [5.74, 6) is 0.655. The van der Waals surface area contributed by atoms with Crippen LogP contribution in [0.15, 0.2) is 66.9 Å². The largest absolute Gasteiger partial charge is 0.328 e. The number of nitrogens with zero attached hydrogens (tertiary/aromatic N) is 5. The maximum Gasteiger partial charge on any atom is 0.320 e. The first-order valence-electron chi connectivity index (χ1n) is 15.0. The first-order chi connectivity index (χ1) is 20.5. The van der Waals surface area contributed by atoms with Crippen molar-refractivity contribution in [3.8, 4) is 11.3 Å². The van der Waals surface area contributed by atoms with Crippen LogP contribution < -0.4 is 5.73 Å². The second-order valence-corrected chi connectivity index (χ2v) is 14.8. The number of benzene rings is 2. The van der Waals surface area contributed by atoms with E-state index < -0.39 is 27.7 Å². The van der Waals surface area contributed by atoms with Crippen LogP contribution in [0.25, 0.3) is 11.3 Å². The minimum absolute atomic E-state index is 0.198. The van der Waals surface area contributed by atoms with E-state index in [1.165, 1.54) is 4.31 Å². The monoisotopic (exact) mass is 610 g/mol. The average molecular weight is 611 g/mol. The summed E-state index contributed by atoms with van der Waals surface area (Å²) in [7, 11) is -3.33. The summed E-state index contributed by atoms with van der Waals surface area (Å²) >= 11 is 0. The van der Waals surface area contributed by atoms with Gasteiger partial charge in [0.05, 0.1) is 23.5 Å². The Bertz CT molecular complexity index is 1480. The number of carbonyl (C=O) groups is 1. The second-order valence-electron chi connectivity index (χ2n) is 12.6. The third-order valence-corrected chi connectivity index (χ3v) is 10.6. The molecule has 9 nitrogen and oxygen atoms in total. The Hall–Kier alpha value is -3.28. The number of imidazole rings is 1. The SMILES string of the molecule is CC(C)(C)[C@H](c1nc(-c2ccccc2)cn1Cc1ccccc1)N(C[C@H](F)CN)C(=O)N1CCN(S(=O)(=O)C2CC2)CC1. The summed E-state index contributed by atoms with van der Waals surface area (Å²) in [4.78, 5) is 22.6. The van der Waals surface area contributed by atoms with Crippen molar-refractivity contribution in [3.63, 3.8) is 0 Å². The van der Waals surface area contributed by atoms with Gasteiger partial charge in [-0.1, -0.05) is 81.4 Å². The van der Waals surface area contributed by atoms with E-state index in [1.807, 2.05) is 87.6 Å². The standard InChI is InChI=1S/C32H43FN6O3S/c1-32(2,3)29(30-35-28(25-12-8-5-9-13-25)23-37(30)21-24-10-6-4-7-11-24)39(22-26(33)20-34)31(40)36-16-18-38(19-17-36)43(41,42)27-14-15-27/h4-13,23,26-27,29H,14-22,34H2,1-3H3/t26-,29+/m1/s1. The number of piperazine rings is 1. The molecular formula is C32H43FN6O3S. The highest BCUT2D eigenvalue weighted by Gasteiger charge is 2.44. The lowest BCUT2D eigenvalue weighted by atomic mass is 9.84. The molecule has 3 aromatic rings. The van der Waals surface area contributed by atoms with Gasteiger partial charge in [-0.15, -0.1) is 0 Å². The van der Waals surface area contributed by atoms with Crippen molar-refractivity contribution in [2.75, 3.05) is 39.3 Å². The van der Waals surface area contributed by atoms with E-state index in [1.54, 1.807) is 9.80 Å². The molecule has 2 aliphatic rings. The third-order valence-electron chi connectivity index (χ3n) is 8.16. The molecule has 1 saturated heterocycles. The Morgan fingerprint density at radius 3 is 2.19 bits per heavy atom. The molecule has 11 heteroatoms. The predicted octanol–water partition coefficient (Wildman–Crippen LogP) is 4.51. The molecule has 0 unspecified atom stereocenters. The molecular weight excluding hydrogens is 567 g/mol. The van der Waals surface area contributed by atoms with Crippen LogP contribution in [0.5, 0.6) is 0 Å². The molecule has 0 spiro atoms. The van der Waals surface area contributed by atoms with Crippen LogP contribution in [-0.2, 0) is 16.6 Å². The quantitative estimate of drug-likeness (QED) is 0.364. The molecule has 2 N–H and O–H groups in total.